The van der Waals surface area contributed by atoms with Gasteiger partial charge in [0, 0.05) is 29.5 Å². The monoisotopic (exact) mass is 458 g/mol. The number of nitrogens with two attached hydrogens (primary N) is 4. The van der Waals surface area contributed by atoms with E-state index in [-0.39, 0.29) is 5.69 Å². The van der Waals surface area contributed by atoms with E-state index in [1.807, 2.05) is 24.3 Å². The molecule has 0 bridgehead atoms. The van der Waals surface area contributed by atoms with Crippen molar-refractivity contribution >= 4 is 44.9 Å². The van der Waals surface area contributed by atoms with Crippen LogP contribution in [-0.2, 0) is 6.54 Å². The molecule has 0 aromatic heterocycles. The highest BCUT2D eigenvalue weighted by molar-refractivity contribution is 5.86. The van der Waals surface area contributed by atoms with Gasteiger partial charge in [0.1, 0.15) is 0 Å². The van der Waals surface area contributed by atoms with Crippen molar-refractivity contribution in [2.45, 2.75) is 13.5 Å². The zero-order valence-electron chi connectivity index (χ0n) is 18.6. The number of hydrogen-bond donors (Lipinski definition) is 5. The number of benzene rings is 4. The van der Waals surface area contributed by atoms with Crippen LogP contribution in [0.15, 0.2) is 83.1 Å². The largest absolute Gasteiger partial charge is 0.398 e. The Labute approximate surface area is 196 Å². The van der Waals surface area contributed by atoms with Crippen molar-refractivity contribution in [1.29, 1.82) is 0 Å². The minimum Gasteiger partial charge on any atom is -0.398 e. The Morgan fingerprint density at radius 2 is 1.68 bits per heavy atom. The van der Waals surface area contributed by atoms with Gasteiger partial charge in [0.25, 0.3) is 5.69 Å². The van der Waals surface area contributed by atoms with Crippen LogP contribution in [0.2, 0.25) is 0 Å². The van der Waals surface area contributed by atoms with E-state index in [0.29, 0.717) is 34.9 Å². The molecule has 0 aliphatic carbocycles. The molecule has 0 atom stereocenters. The van der Waals surface area contributed by atoms with Crippen LogP contribution in [0.4, 0.5) is 34.1 Å². The normalized spacial score (nSPS) is 10.6. The van der Waals surface area contributed by atoms with E-state index in [0.717, 1.165) is 5.69 Å². The highest BCUT2D eigenvalue weighted by Gasteiger charge is 2.13. The molecule has 4 rings (SSSR count). The Balaban J connectivity index is 0.000000229. The number of nitrogens with one attached hydrogen (secondary N) is 1. The summed E-state index contributed by atoms with van der Waals surface area (Å²) in [6.07, 6.45) is 0. The van der Waals surface area contributed by atoms with Gasteiger partial charge in [0.15, 0.2) is 0 Å². The van der Waals surface area contributed by atoms with E-state index >= 15 is 0 Å². The van der Waals surface area contributed by atoms with Crippen molar-refractivity contribution < 1.29 is 4.92 Å². The Bertz CT molecular complexity index is 1350. The van der Waals surface area contributed by atoms with Gasteiger partial charge in [-0.3, -0.25) is 10.1 Å². The summed E-state index contributed by atoms with van der Waals surface area (Å²) in [4.78, 5) is 9.92. The molecule has 174 valence electrons. The lowest BCUT2D eigenvalue weighted by Crippen LogP contribution is -2.02. The summed E-state index contributed by atoms with van der Waals surface area (Å²) in [5, 5.41) is 23.3. The lowest BCUT2D eigenvalue weighted by atomic mass is 10.0. The molecule has 0 radical (unpaired) electrons. The summed E-state index contributed by atoms with van der Waals surface area (Å²) >= 11 is 0. The topological polar surface area (TPSA) is 184 Å². The first-order chi connectivity index (χ1) is 16.3. The average Bonchev–Trinajstić information content (AvgIpc) is 2.81. The van der Waals surface area contributed by atoms with Gasteiger partial charge in [-0.15, -0.1) is 5.11 Å². The zero-order valence-corrected chi connectivity index (χ0v) is 18.6. The van der Waals surface area contributed by atoms with Crippen LogP contribution in [0.1, 0.15) is 11.1 Å². The zero-order chi connectivity index (χ0) is 24.7. The van der Waals surface area contributed by atoms with Crippen LogP contribution in [0, 0.1) is 17.0 Å². The maximum absolute atomic E-state index is 10.4. The summed E-state index contributed by atoms with van der Waals surface area (Å²) < 4.78 is 0. The fourth-order valence-electron chi connectivity index (χ4n) is 3.41. The van der Waals surface area contributed by atoms with E-state index in [4.69, 9.17) is 23.0 Å². The van der Waals surface area contributed by atoms with Crippen LogP contribution in [0.25, 0.3) is 10.8 Å². The van der Waals surface area contributed by atoms with Crippen LogP contribution < -0.4 is 28.4 Å². The molecule has 0 saturated heterocycles. The number of nitro groups is 1. The molecular weight excluding hydrogens is 432 g/mol. The third-order valence-electron chi connectivity index (χ3n) is 5.20. The number of rotatable bonds is 5. The van der Waals surface area contributed by atoms with E-state index in [9.17, 15) is 10.1 Å². The smallest absolute Gasteiger partial charge is 0.276 e. The lowest BCUT2D eigenvalue weighted by molar-refractivity contribution is -0.385. The molecule has 0 spiro atoms. The first-order valence-electron chi connectivity index (χ1n) is 10.3. The van der Waals surface area contributed by atoms with Crippen molar-refractivity contribution in [3.63, 3.8) is 0 Å². The van der Waals surface area contributed by atoms with Crippen molar-refractivity contribution in [1.82, 2.24) is 0 Å². The molecule has 0 aliphatic heterocycles. The van der Waals surface area contributed by atoms with Gasteiger partial charge in [-0.05, 0) is 47.5 Å². The van der Waals surface area contributed by atoms with E-state index in [2.05, 4.69) is 46.0 Å². The molecule has 0 unspecified atom stereocenters. The molecule has 0 amide bonds. The third kappa shape index (κ3) is 5.68. The second-order valence-electron chi connectivity index (χ2n) is 7.49. The Morgan fingerprint density at radius 1 is 0.941 bits per heavy atom. The SMILES string of the molecule is Cc1c(N)cc(N)cc1[N+](=O)[O-].NN=Nc1ccc(NCc2cccc3ccccc23)c(N)c1. The maximum atomic E-state index is 10.4. The number of anilines is 4. The molecule has 4 aromatic carbocycles. The van der Waals surface area contributed by atoms with Crippen LogP contribution in [0.3, 0.4) is 0 Å². The van der Waals surface area contributed by atoms with Gasteiger partial charge in [-0.1, -0.05) is 47.7 Å². The molecule has 34 heavy (non-hydrogen) atoms. The predicted octanol–water partition coefficient (Wildman–Crippen LogP) is 5.06. The first-order valence-corrected chi connectivity index (χ1v) is 10.3. The summed E-state index contributed by atoms with van der Waals surface area (Å²) in [7, 11) is 0. The fourth-order valence-corrected chi connectivity index (χ4v) is 3.41. The number of nitrogens with zero attached hydrogens (tertiary/aromatic N) is 3. The first kappa shape index (κ1) is 23.8. The number of fused-ring (bicyclic) bond motifs is 1. The maximum Gasteiger partial charge on any atom is 0.276 e. The van der Waals surface area contributed by atoms with Crippen LogP contribution >= 0.6 is 0 Å². The fraction of sp³-hybridized carbons (Fsp3) is 0.0833. The molecule has 10 heteroatoms. The van der Waals surface area contributed by atoms with E-state index in [1.54, 1.807) is 13.0 Å². The minimum absolute atomic E-state index is 0.0347. The van der Waals surface area contributed by atoms with E-state index in [1.165, 1.54) is 28.5 Å². The molecule has 0 heterocycles. The molecule has 10 nitrogen and oxygen atoms in total. The highest BCUT2D eigenvalue weighted by atomic mass is 16.6. The summed E-state index contributed by atoms with van der Waals surface area (Å²) in [6, 6.07) is 22.9. The minimum atomic E-state index is -0.498. The standard InChI is InChI=1S/C17H17N5.C7H9N3O2/c18-16-10-14(21-22-19)8-9-17(16)20-11-13-6-3-5-12-4-1-2-7-15(12)13;1-4-6(9)2-5(8)3-7(4)10(11)12/h1-10,20H,11,18H2,(H2,19,21);2-3H,8-9H2,1H3. The average molecular weight is 459 g/mol. The number of nitro benzene ring substituents is 1. The Morgan fingerprint density at radius 3 is 2.38 bits per heavy atom. The highest BCUT2D eigenvalue weighted by Crippen LogP contribution is 2.27. The second-order valence-corrected chi connectivity index (χ2v) is 7.49. The van der Waals surface area contributed by atoms with Crippen LogP contribution in [-0.4, -0.2) is 4.92 Å². The lowest BCUT2D eigenvalue weighted by Gasteiger charge is -2.11. The number of nitrogen functional groups attached to an aromatic ring is 3. The van der Waals surface area contributed by atoms with Crippen molar-refractivity contribution in [2.75, 3.05) is 22.5 Å². The molecule has 4 aromatic rings. The Hall–Kier alpha value is -4.86. The van der Waals surface area contributed by atoms with E-state index < -0.39 is 4.92 Å². The summed E-state index contributed by atoms with van der Waals surface area (Å²) in [5.41, 5.74) is 21.3. The molecule has 0 saturated carbocycles. The molecule has 9 N–H and O–H groups in total. The molecule has 0 fully saturated rings. The molecule has 0 aliphatic rings. The second kappa shape index (κ2) is 10.6. The van der Waals surface area contributed by atoms with Crippen LogP contribution in [0.5, 0.6) is 0 Å². The van der Waals surface area contributed by atoms with Crippen molar-refractivity contribution in [2.24, 2.45) is 16.2 Å². The van der Waals surface area contributed by atoms with Gasteiger partial charge in [0.05, 0.1) is 22.0 Å². The summed E-state index contributed by atoms with van der Waals surface area (Å²) in [6.45, 7) is 2.29. The quantitative estimate of drug-likeness (QED) is 0.0909. The van der Waals surface area contributed by atoms with Gasteiger partial charge in [-0.25, -0.2) is 0 Å². The van der Waals surface area contributed by atoms with Gasteiger partial charge in [0.2, 0.25) is 0 Å². The Kier molecular flexibility index (Phi) is 7.45. The van der Waals surface area contributed by atoms with Gasteiger partial charge < -0.3 is 28.4 Å². The predicted molar refractivity (Wildman–Crippen MR) is 137 cm³/mol. The summed E-state index contributed by atoms with van der Waals surface area (Å²) in [5.74, 6) is 5.04. The van der Waals surface area contributed by atoms with Crippen molar-refractivity contribution in [3.8, 4) is 0 Å². The van der Waals surface area contributed by atoms with Gasteiger partial charge in [-0.2, -0.15) is 0 Å². The molecular formula is C24H26N8O2. The van der Waals surface area contributed by atoms with Crippen molar-refractivity contribution in [3.05, 3.63) is 94.0 Å². The number of hydrogen-bond acceptors (Lipinski definition) is 8. The third-order valence-corrected chi connectivity index (χ3v) is 5.20. The van der Waals surface area contributed by atoms with Gasteiger partial charge >= 0.3 is 0 Å².